The number of hydrogen-bond donors (Lipinski definition) is 1. The average Bonchev–Trinajstić information content (AvgIpc) is 2.47. The van der Waals surface area contributed by atoms with Gasteiger partial charge in [0.2, 0.25) is 0 Å². The van der Waals surface area contributed by atoms with Crippen molar-refractivity contribution in [2.45, 2.75) is 90.9 Å². The first kappa shape index (κ1) is 18.1. The Kier molecular flexibility index (Phi) is 8.49. The first-order chi connectivity index (χ1) is 10.1. The second kappa shape index (κ2) is 9.87. The van der Waals surface area contributed by atoms with E-state index in [1.54, 1.807) is 0 Å². The Hall–Kier alpha value is -0.980. The van der Waals surface area contributed by atoms with Gasteiger partial charge in [0.25, 0.3) is 0 Å². The lowest BCUT2D eigenvalue weighted by atomic mass is 9.84. The van der Waals surface area contributed by atoms with Crippen LogP contribution in [0.1, 0.15) is 102 Å². The minimum atomic E-state index is 0.460. The van der Waals surface area contributed by atoms with Crippen molar-refractivity contribution in [3.05, 3.63) is 29.3 Å². The highest BCUT2D eigenvalue weighted by atomic mass is 16.3. The monoisotopic (exact) mass is 290 g/mol. The van der Waals surface area contributed by atoms with Crippen molar-refractivity contribution >= 4 is 0 Å². The average molecular weight is 290 g/mol. The predicted octanol–water partition coefficient (Wildman–Crippen LogP) is 6.76. The fourth-order valence-electron chi connectivity index (χ4n) is 3.24. The minimum Gasteiger partial charge on any atom is -0.508 e. The smallest absolute Gasteiger partial charge is 0.119 e. The molecule has 1 N–H and O–H groups in total. The molecule has 2 atom stereocenters. The summed E-state index contributed by atoms with van der Waals surface area (Å²) >= 11 is 0. The molecule has 0 fully saturated rings. The van der Waals surface area contributed by atoms with Gasteiger partial charge in [-0.1, -0.05) is 78.4 Å². The molecule has 0 spiro atoms. The number of rotatable bonds is 10. The standard InChI is InChI=1S/C20H34O/c1-5-7-9-12-16(3)18-14-11-15-19(21)20(18)17(4)13-10-8-6-2/h11,14-17,21H,5-10,12-13H2,1-4H3. The normalized spacial score (nSPS) is 14.1. The van der Waals surface area contributed by atoms with Gasteiger partial charge in [-0.3, -0.25) is 0 Å². The lowest BCUT2D eigenvalue weighted by Crippen LogP contribution is -2.04. The van der Waals surface area contributed by atoms with Gasteiger partial charge in [-0.05, 0) is 36.3 Å². The largest absolute Gasteiger partial charge is 0.508 e. The van der Waals surface area contributed by atoms with E-state index in [1.807, 2.05) is 12.1 Å². The van der Waals surface area contributed by atoms with Crippen LogP contribution in [-0.4, -0.2) is 5.11 Å². The van der Waals surface area contributed by atoms with Crippen molar-refractivity contribution in [3.63, 3.8) is 0 Å². The fraction of sp³-hybridized carbons (Fsp3) is 0.700. The van der Waals surface area contributed by atoms with Crippen LogP contribution in [0, 0.1) is 0 Å². The molecule has 1 heteroatoms. The highest BCUT2D eigenvalue weighted by Crippen LogP contribution is 2.37. The summed E-state index contributed by atoms with van der Waals surface area (Å²) < 4.78 is 0. The maximum absolute atomic E-state index is 10.3. The SMILES string of the molecule is CCCCCC(C)c1cccc(O)c1C(C)CCCCC. The van der Waals surface area contributed by atoms with Crippen molar-refractivity contribution in [1.29, 1.82) is 0 Å². The molecule has 0 amide bonds. The second-order valence-electron chi connectivity index (χ2n) is 6.57. The molecular weight excluding hydrogens is 256 g/mol. The highest BCUT2D eigenvalue weighted by molar-refractivity contribution is 5.43. The molecule has 120 valence electrons. The molecule has 21 heavy (non-hydrogen) atoms. The number of phenols is 1. The maximum Gasteiger partial charge on any atom is 0.119 e. The first-order valence-electron chi connectivity index (χ1n) is 8.93. The van der Waals surface area contributed by atoms with E-state index < -0.39 is 0 Å². The Labute approximate surface area is 131 Å². The van der Waals surface area contributed by atoms with E-state index in [9.17, 15) is 5.11 Å². The van der Waals surface area contributed by atoms with Crippen molar-refractivity contribution in [3.8, 4) is 5.75 Å². The summed E-state index contributed by atoms with van der Waals surface area (Å²) in [6, 6.07) is 6.08. The van der Waals surface area contributed by atoms with Gasteiger partial charge in [-0.15, -0.1) is 0 Å². The van der Waals surface area contributed by atoms with E-state index in [0.29, 0.717) is 17.6 Å². The zero-order chi connectivity index (χ0) is 15.7. The second-order valence-corrected chi connectivity index (χ2v) is 6.57. The van der Waals surface area contributed by atoms with Gasteiger partial charge in [0.1, 0.15) is 5.75 Å². The topological polar surface area (TPSA) is 20.2 Å². The first-order valence-corrected chi connectivity index (χ1v) is 8.93. The summed E-state index contributed by atoms with van der Waals surface area (Å²) in [7, 11) is 0. The molecule has 1 nitrogen and oxygen atoms in total. The molecule has 2 unspecified atom stereocenters. The lowest BCUT2D eigenvalue weighted by Gasteiger charge is -2.22. The summed E-state index contributed by atoms with van der Waals surface area (Å²) in [6.07, 6.45) is 10.1. The van der Waals surface area contributed by atoms with Crippen molar-refractivity contribution in [2.24, 2.45) is 0 Å². The van der Waals surface area contributed by atoms with Crippen LogP contribution in [-0.2, 0) is 0 Å². The summed E-state index contributed by atoms with van der Waals surface area (Å²) in [5, 5.41) is 10.3. The minimum absolute atomic E-state index is 0.460. The lowest BCUT2D eigenvalue weighted by molar-refractivity contribution is 0.453. The number of aromatic hydroxyl groups is 1. The number of benzene rings is 1. The number of hydrogen-bond acceptors (Lipinski definition) is 1. The zero-order valence-electron chi connectivity index (χ0n) is 14.5. The summed E-state index contributed by atoms with van der Waals surface area (Å²) in [5.74, 6) is 1.51. The Morgan fingerprint density at radius 1 is 0.857 bits per heavy atom. The van der Waals surface area contributed by atoms with Gasteiger partial charge in [0.05, 0.1) is 0 Å². The van der Waals surface area contributed by atoms with Crippen LogP contribution in [0.5, 0.6) is 5.75 Å². The third-order valence-corrected chi connectivity index (χ3v) is 4.62. The quantitative estimate of drug-likeness (QED) is 0.472. The third kappa shape index (κ3) is 5.73. The van der Waals surface area contributed by atoms with Gasteiger partial charge in [0.15, 0.2) is 0 Å². The highest BCUT2D eigenvalue weighted by Gasteiger charge is 2.18. The Bertz CT molecular complexity index is 397. The van der Waals surface area contributed by atoms with Gasteiger partial charge >= 0.3 is 0 Å². The molecule has 0 heterocycles. The summed E-state index contributed by atoms with van der Waals surface area (Å²) in [4.78, 5) is 0. The summed E-state index contributed by atoms with van der Waals surface area (Å²) in [5.41, 5.74) is 2.58. The number of unbranched alkanes of at least 4 members (excludes halogenated alkanes) is 4. The van der Waals surface area contributed by atoms with E-state index in [1.165, 1.54) is 62.5 Å². The Morgan fingerprint density at radius 3 is 2.00 bits per heavy atom. The fourth-order valence-corrected chi connectivity index (χ4v) is 3.24. The van der Waals surface area contributed by atoms with E-state index >= 15 is 0 Å². The van der Waals surface area contributed by atoms with E-state index in [2.05, 4.69) is 33.8 Å². The van der Waals surface area contributed by atoms with Crippen molar-refractivity contribution in [2.75, 3.05) is 0 Å². The van der Waals surface area contributed by atoms with Crippen LogP contribution in [0.2, 0.25) is 0 Å². The van der Waals surface area contributed by atoms with Crippen LogP contribution in [0.4, 0.5) is 0 Å². The van der Waals surface area contributed by atoms with Crippen molar-refractivity contribution in [1.82, 2.24) is 0 Å². The van der Waals surface area contributed by atoms with Crippen LogP contribution in [0.3, 0.4) is 0 Å². The molecular formula is C20H34O. The molecule has 0 saturated carbocycles. The summed E-state index contributed by atoms with van der Waals surface area (Å²) in [6.45, 7) is 9.08. The van der Waals surface area contributed by atoms with Crippen LogP contribution < -0.4 is 0 Å². The van der Waals surface area contributed by atoms with Crippen LogP contribution in [0.15, 0.2) is 18.2 Å². The Morgan fingerprint density at radius 2 is 1.43 bits per heavy atom. The molecule has 0 aliphatic carbocycles. The Balaban J connectivity index is 2.81. The van der Waals surface area contributed by atoms with Gasteiger partial charge in [-0.2, -0.15) is 0 Å². The van der Waals surface area contributed by atoms with E-state index in [4.69, 9.17) is 0 Å². The number of phenolic OH excluding ortho intramolecular Hbond substituents is 1. The third-order valence-electron chi connectivity index (χ3n) is 4.62. The molecule has 0 radical (unpaired) electrons. The maximum atomic E-state index is 10.3. The van der Waals surface area contributed by atoms with Gasteiger partial charge < -0.3 is 5.11 Å². The molecule has 0 aliphatic heterocycles. The predicted molar refractivity (Wildman–Crippen MR) is 93.2 cm³/mol. The molecule has 1 aromatic carbocycles. The van der Waals surface area contributed by atoms with Gasteiger partial charge in [0, 0.05) is 5.56 Å². The zero-order valence-corrected chi connectivity index (χ0v) is 14.5. The molecule has 1 rings (SSSR count). The van der Waals surface area contributed by atoms with Gasteiger partial charge in [-0.25, -0.2) is 0 Å². The molecule has 0 aromatic heterocycles. The molecule has 0 saturated heterocycles. The van der Waals surface area contributed by atoms with E-state index in [0.717, 1.165) is 0 Å². The van der Waals surface area contributed by atoms with Crippen LogP contribution in [0.25, 0.3) is 0 Å². The molecule has 1 aromatic rings. The molecule has 0 bridgehead atoms. The van der Waals surface area contributed by atoms with E-state index in [-0.39, 0.29) is 0 Å². The van der Waals surface area contributed by atoms with Crippen molar-refractivity contribution < 1.29 is 5.11 Å². The molecule has 0 aliphatic rings. The van der Waals surface area contributed by atoms with Crippen LogP contribution >= 0.6 is 0 Å².